The van der Waals surface area contributed by atoms with Crippen molar-refractivity contribution in [2.45, 2.75) is 97.2 Å². The molecule has 204 valence electrons. The summed E-state index contributed by atoms with van der Waals surface area (Å²) in [7, 11) is 0. The second kappa shape index (κ2) is 10.3. The molecule has 0 bridgehead atoms. The van der Waals surface area contributed by atoms with Gasteiger partial charge in [0.2, 0.25) is 5.91 Å². The number of aliphatic hydroxyl groups excluding tert-OH is 2. The van der Waals surface area contributed by atoms with Crippen molar-refractivity contribution in [3.63, 3.8) is 0 Å². The fourth-order valence-corrected chi connectivity index (χ4v) is 9.56. The molecule has 0 saturated heterocycles. The lowest BCUT2D eigenvalue weighted by atomic mass is 9.43. The van der Waals surface area contributed by atoms with Gasteiger partial charge in [0.15, 0.2) is 0 Å². The molecule has 0 heterocycles. The first-order chi connectivity index (χ1) is 17.6. The Hall–Kier alpha value is -1.92. The third-order valence-electron chi connectivity index (χ3n) is 11.6. The van der Waals surface area contributed by atoms with Crippen LogP contribution in [0.2, 0.25) is 0 Å². The lowest BCUT2D eigenvalue weighted by Crippen LogP contribution is -2.58. The summed E-state index contributed by atoms with van der Waals surface area (Å²) in [5.41, 5.74) is 3.66. The van der Waals surface area contributed by atoms with Gasteiger partial charge >= 0.3 is 0 Å². The fourth-order valence-electron chi connectivity index (χ4n) is 9.56. The summed E-state index contributed by atoms with van der Waals surface area (Å²) in [5, 5.41) is 35.6. The van der Waals surface area contributed by atoms with E-state index in [9.17, 15) is 20.1 Å². The first kappa shape index (κ1) is 26.7. The van der Waals surface area contributed by atoms with E-state index >= 15 is 0 Å². The number of fused-ring (bicyclic) bond motifs is 5. The summed E-state index contributed by atoms with van der Waals surface area (Å²) in [5.74, 6) is 2.99. The number of rotatable bonds is 6. The lowest BCUT2D eigenvalue weighted by molar-refractivity contribution is -0.174. The molecule has 4 N–H and O–H groups in total. The first-order valence-electron chi connectivity index (χ1n) is 14.6. The largest absolute Gasteiger partial charge is 0.507 e. The Kier molecular flexibility index (Phi) is 7.45. The maximum atomic E-state index is 12.5. The number of phenols is 1. The second-order valence-electron chi connectivity index (χ2n) is 13.3. The van der Waals surface area contributed by atoms with E-state index < -0.39 is 0 Å². The van der Waals surface area contributed by atoms with Gasteiger partial charge in [-0.25, -0.2) is 5.43 Å². The Morgan fingerprint density at radius 1 is 1.08 bits per heavy atom. The van der Waals surface area contributed by atoms with Crippen LogP contribution < -0.4 is 5.43 Å². The number of hydrogen-bond acceptors (Lipinski definition) is 5. The molecule has 1 amide bonds. The third kappa shape index (κ3) is 4.85. The lowest BCUT2D eigenvalue weighted by Gasteiger charge is -2.62. The van der Waals surface area contributed by atoms with E-state index in [0.717, 1.165) is 32.1 Å². The Morgan fingerprint density at radius 2 is 1.81 bits per heavy atom. The highest BCUT2D eigenvalue weighted by Crippen LogP contribution is 2.68. The van der Waals surface area contributed by atoms with Crippen LogP contribution in [0.3, 0.4) is 0 Å². The van der Waals surface area contributed by atoms with Crippen LogP contribution in [0.5, 0.6) is 5.75 Å². The van der Waals surface area contributed by atoms with Gasteiger partial charge < -0.3 is 15.3 Å². The molecule has 4 fully saturated rings. The molecule has 0 aromatic heterocycles. The van der Waals surface area contributed by atoms with Crippen LogP contribution in [-0.4, -0.2) is 39.6 Å². The first-order valence-corrected chi connectivity index (χ1v) is 14.6. The summed E-state index contributed by atoms with van der Waals surface area (Å²) in [6.07, 6.45) is 10.8. The van der Waals surface area contributed by atoms with E-state index in [0.29, 0.717) is 47.5 Å². The van der Waals surface area contributed by atoms with Crippen molar-refractivity contribution in [2.24, 2.45) is 51.4 Å². The van der Waals surface area contributed by atoms with Crippen molar-refractivity contribution in [1.82, 2.24) is 5.43 Å². The Bertz CT molecular complexity index is 1010. The highest BCUT2D eigenvalue weighted by Gasteiger charge is 2.62. The van der Waals surface area contributed by atoms with Gasteiger partial charge in [-0.2, -0.15) is 5.10 Å². The number of amides is 1. The van der Waals surface area contributed by atoms with Crippen LogP contribution in [0.1, 0.15) is 90.5 Å². The normalized spacial score (nSPS) is 42.0. The van der Waals surface area contributed by atoms with Crippen LogP contribution in [0.4, 0.5) is 0 Å². The smallest absolute Gasteiger partial charge is 0.240 e. The average Bonchev–Trinajstić information content (AvgIpc) is 3.22. The summed E-state index contributed by atoms with van der Waals surface area (Å²) in [6, 6.07) is 6.91. The molecule has 6 heteroatoms. The van der Waals surface area contributed by atoms with Crippen LogP contribution in [0, 0.1) is 46.3 Å². The number of hydrogen-bond donors (Lipinski definition) is 4. The van der Waals surface area contributed by atoms with Gasteiger partial charge in [0.1, 0.15) is 5.75 Å². The molecular weight excluding hydrogens is 464 g/mol. The number of aromatic hydroxyl groups is 1. The molecule has 1 aromatic rings. The number of carbonyl (C=O) groups excluding carboxylic acids is 1. The van der Waals surface area contributed by atoms with Gasteiger partial charge in [0.05, 0.1) is 18.4 Å². The summed E-state index contributed by atoms with van der Waals surface area (Å²) in [4.78, 5) is 12.5. The second-order valence-corrected chi connectivity index (χ2v) is 13.3. The predicted molar refractivity (Wildman–Crippen MR) is 145 cm³/mol. The molecule has 4 saturated carbocycles. The average molecular weight is 511 g/mol. The SMILES string of the molecule is C[C@H](CCC(=O)N/N=C\c1ccccc1O)[C@H]1CC[C@H]2[C@@H]3[C@H](O)C[C@H]4C[C@@H](O)CC[C@]4(C)[C@H]3CC[C@]12C. The number of carbonyl (C=O) groups is 1. The predicted octanol–water partition coefficient (Wildman–Crippen LogP) is 5.25. The third-order valence-corrected chi connectivity index (χ3v) is 11.6. The molecule has 4 aliphatic rings. The summed E-state index contributed by atoms with van der Waals surface area (Å²) in [6.45, 7) is 7.25. The van der Waals surface area contributed by atoms with Gasteiger partial charge in [-0.15, -0.1) is 0 Å². The van der Waals surface area contributed by atoms with E-state index in [-0.39, 0.29) is 34.7 Å². The van der Waals surface area contributed by atoms with E-state index in [1.54, 1.807) is 18.2 Å². The quantitative estimate of drug-likeness (QED) is 0.310. The van der Waals surface area contributed by atoms with Crippen molar-refractivity contribution < 1.29 is 20.1 Å². The molecule has 0 aliphatic heterocycles. The van der Waals surface area contributed by atoms with Crippen LogP contribution >= 0.6 is 0 Å². The van der Waals surface area contributed by atoms with Gasteiger partial charge in [-0.1, -0.05) is 32.9 Å². The number of nitrogens with zero attached hydrogens (tertiary/aromatic N) is 1. The van der Waals surface area contributed by atoms with Crippen LogP contribution in [-0.2, 0) is 4.79 Å². The van der Waals surface area contributed by atoms with Gasteiger partial charge in [0, 0.05) is 12.0 Å². The highest BCUT2D eigenvalue weighted by atomic mass is 16.3. The maximum absolute atomic E-state index is 12.5. The minimum absolute atomic E-state index is 0.0944. The highest BCUT2D eigenvalue weighted by molar-refractivity contribution is 5.84. The Balaban J connectivity index is 1.19. The minimum atomic E-state index is -0.250. The molecule has 4 aliphatic carbocycles. The molecule has 6 nitrogen and oxygen atoms in total. The topological polar surface area (TPSA) is 102 Å². The monoisotopic (exact) mass is 510 g/mol. The number of para-hydroxylation sites is 1. The van der Waals surface area contributed by atoms with Crippen LogP contribution in [0.15, 0.2) is 29.4 Å². The zero-order valence-corrected chi connectivity index (χ0v) is 22.8. The van der Waals surface area contributed by atoms with Crippen molar-refractivity contribution in [2.75, 3.05) is 0 Å². The van der Waals surface area contributed by atoms with Gasteiger partial charge in [-0.05, 0) is 116 Å². The van der Waals surface area contributed by atoms with E-state index in [2.05, 4.69) is 31.3 Å². The van der Waals surface area contributed by atoms with Crippen LogP contribution in [0.25, 0.3) is 0 Å². The van der Waals surface area contributed by atoms with Gasteiger partial charge in [-0.3, -0.25) is 4.79 Å². The number of nitrogens with one attached hydrogen (secondary N) is 1. The van der Waals surface area contributed by atoms with E-state index in [1.165, 1.54) is 31.9 Å². The number of hydrazone groups is 1. The zero-order chi connectivity index (χ0) is 26.4. The van der Waals surface area contributed by atoms with Crippen molar-refractivity contribution in [1.29, 1.82) is 0 Å². The molecule has 1 aromatic carbocycles. The zero-order valence-electron chi connectivity index (χ0n) is 22.8. The van der Waals surface area contributed by atoms with E-state index in [1.807, 2.05) is 6.07 Å². The minimum Gasteiger partial charge on any atom is -0.507 e. The van der Waals surface area contributed by atoms with Crippen molar-refractivity contribution in [3.05, 3.63) is 29.8 Å². The van der Waals surface area contributed by atoms with Crippen molar-refractivity contribution in [3.8, 4) is 5.75 Å². The summed E-state index contributed by atoms with van der Waals surface area (Å²) >= 11 is 0. The standard InChI is InChI=1S/C31H46N2O4/c1-19(8-11-28(37)33-32-18-20-6-4-5-7-26(20)35)23-9-10-24-29-25(13-15-31(23,24)3)30(2)14-12-22(34)16-21(30)17-27(29)36/h4-7,18-19,21-25,27,29,34-36H,8-17H2,1-3H3,(H,33,37)/b32-18-/t19-,21-,22+,23-,24+,25+,27-,29+,30+,31-/m1/s1. The molecular formula is C31H46N2O4. The molecule has 37 heavy (non-hydrogen) atoms. The molecule has 10 atom stereocenters. The summed E-state index contributed by atoms with van der Waals surface area (Å²) < 4.78 is 0. The number of phenolic OH excluding ortho intramolecular Hbond substituents is 1. The van der Waals surface area contributed by atoms with E-state index in [4.69, 9.17) is 0 Å². The Labute approximate surface area is 221 Å². The maximum Gasteiger partial charge on any atom is 0.240 e. The fraction of sp³-hybridized carbons (Fsp3) is 0.742. The molecule has 5 rings (SSSR count). The molecule has 0 radical (unpaired) electrons. The van der Waals surface area contributed by atoms with Gasteiger partial charge in [0.25, 0.3) is 0 Å². The van der Waals surface area contributed by atoms with Crippen molar-refractivity contribution >= 4 is 12.1 Å². The Morgan fingerprint density at radius 3 is 2.59 bits per heavy atom. The number of aliphatic hydroxyl groups is 2. The molecule has 0 unspecified atom stereocenters. The molecule has 0 spiro atoms. The number of benzene rings is 1.